The fourth-order valence-electron chi connectivity index (χ4n) is 5.93. The lowest BCUT2D eigenvalue weighted by molar-refractivity contribution is -0.130. The highest BCUT2D eigenvalue weighted by Crippen LogP contribution is 2.39. The van der Waals surface area contributed by atoms with Gasteiger partial charge in [-0.3, -0.25) is 0 Å². The van der Waals surface area contributed by atoms with Crippen LogP contribution >= 0.6 is 0 Å². The zero-order chi connectivity index (χ0) is 31.4. The van der Waals surface area contributed by atoms with E-state index in [1.165, 1.54) is 58.1 Å². The van der Waals surface area contributed by atoms with Crippen molar-refractivity contribution in [2.45, 2.75) is 52.4 Å². The summed E-state index contributed by atoms with van der Waals surface area (Å²) in [5, 5.41) is 1.42. The van der Waals surface area contributed by atoms with Gasteiger partial charge < -0.3 is 28.7 Å². The van der Waals surface area contributed by atoms with Crippen molar-refractivity contribution in [3.8, 4) is 23.0 Å². The molecular weight excluding hydrogens is 556 g/mol. The van der Waals surface area contributed by atoms with E-state index in [0.29, 0.717) is 23.3 Å². The molecule has 2 heterocycles. The number of cyclic esters (lactones) is 1. The van der Waals surface area contributed by atoms with Crippen LogP contribution in [0.25, 0.3) is 17.0 Å². The molecule has 230 valence electrons. The van der Waals surface area contributed by atoms with E-state index in [1.54, 1.807) is 53.6 Å². The molecule has 8 heteroatoms. The molecule has 1 aromatic heterocycles. The van der Waals surface area contributed by atoms with E-state index in [2.05, 4.69) is 48.1 Å². The smallest absolute Gasteiger partial charge is 0.363 e. The molecule has 1 N–H and O–H groups in total. The first-order valence-electron chi connectivity index (χ1n) is 14.8. The van der Waals surface area contributed by atoms with Crippen molar-refractivity contribution >= 4 is 28.8 Å². The van der Waals surface area contributed by atoms with Crippen LogP contribution in [0.5, 0.6) is 23.0 Å². The van der Waals surface area contributed by atoms with Crippen LogP contribution in [0, 0.1) is 13.8 Å². The third-order valence-corrected chi connectivity index (χ3v) is 8.31. The second-order valence-corrected chi connectivity index (χ2v) is 11.1. The Kier molecular flexibility index (Phi) is 9.28. The molecule has 0 saturated heterocycles. The number of nitrogens with one attached hydrogen (secondary N) is 1. The van der Waals surface area contributed by atoms with Crippen LogP contribution in [0.3, 0.4) is 0 Å². The fourth-order valence-corrected chi connectivity index (χ4v) is 5.93. The lowest BCUT2D eigenvalue weighted by Gasteiger charge is -2.23. The van der Waals surface area contributed by atoms with Crippen LogP contribution < -0.4 is 18.9 Å². The van der Waals surface area contributed by atoms with Crippen molar-refractivity contribution in [3.63, 3.8) is 0 Å². The minimum Gasteiger partial charge on any atom is -0.493 e. The standard InChI is InChI=1S/C23H27NO2.C13H13NO4/c1-14-10-19-18-7-5-6-17(23(18)24-20(19)11-15(14)2)12-16-8-9-21(25-3)22(13-16)26-4;1-8-14-10(13(15)18-8)6-9-4-5-11(16-2)12(7-9)17-3/h8-11,13,17,24H,5-7,12H2,1-4H3;4-7H,1-3H3/b;10-6-. The lowest BCUT2D eigenvalue weighted by Crippen LogP contribution is -2.11. The van der Waals surface area contributed by atoms with Crippen LogP contribution in [0.1, 0.15) is 59.2 Å². The van der Waals surface area contributed by atoms with Crippen LogP contribution in [0.2, 0.25) is 0 Å². The van der Waals surface area contributed by atoms with Crippen molar-refractivity contribution in [2.24, 2.45) is 4.99 Å². The summed E-state index contributed by atoms with van der Waals surface area (Å²) >= 11 is 0. The average Bonchev–Trinajstić information content (AvgIpc) is 3.55. The van der Waals surface area contributed by atoms with Gasteiger partial charge >= 0.3 is 5.97 Å². The third kappa shape index (κ3) is 6.44. The number of hydrogen-bond acceptors (Lipinski definition) is 7. The molecule has 1 aliphatic heterocycles. The SMILES string of the molecule is COc1ccc(/C=C2\N=C(C)OC2=O)cc1OC.COc1ccc(CC2CCCc3c2[nH]c2cc(C)c(C)cc32)cc1OC. The van der Waals surface area contributed by atoms with E-state index in [0.717, 1.165) is 23.5 Å². The fraction of sp³-hybridized carbons (Fsp3) is 0.333. The summed E-state index contributed by atoms with van der Waals surface area (Å²) in [5.74, 6) is 3.27. The molecule has 8 nitrogen and oxygen atoms in total. The van der Waals surface area contributed by atoms with E-state index in [9.17, 15) is 4.79 Å². The Morgan fingerprint density at radius 3 is 2.18 bits per heavy atom. The largest absolute Gasteiger partial charge is 0.493 e. The van der Waals surface area contributed by atoms with Gasteiger partial charge in [-0.1, -0.05) is 12.1 Å². The monoisotopic (exact) mass is 596 g/mol. The first kappa shape index (κ1) is 30.7. The minimum absolute atomic E-state index is 0.278. The summed E-state index contributed by atoms with van der Waals surface area (Å²) in [6.45, 7) is 6.03. The van der Waals surface area contributed by atoms with Gasteiger partial charge in [0.1, 0.15) is 0 Å². The van der Waals surface area contributed by atoms with Gasteiger partial charge in [-0.05, 0) is 110 Å². The van der Waals surface area contributed by atoms with E-state index < -0.39 is 5.97 Å². The van der Waals surface area contributed by atoms with Gasteiger partial charge in [0.05, 0.1) is 28.4 Å². The predicted molar refractivity (Wildman–Crippen MR) is 173 cm³/mol. The Morgan fingerprint density at radius 1 is 0.864 bits per heavy atom. The summed E-state index contributed by atoms with van der Waals surface area (Å²) in [6.07, 6.45) is 6.33. The summed E-state index contributed by atoms with van der Waals surface area (Å²) in [7, 11) is 6.50. The molecule has 44 heavy (non-hydrogen) atoms. The molecule has 6 rings (SSSR count). The number of carbonyl (C=O) groups excluding carboxylic acids is 1. The Balaban J connectivity index is 0.000000187. The number of carbonyl (C=O) groups is 1. The number of benzene rings is 3. The highest BCUT2D eigenvalue weighted by atomic mass is 16.6. The molecule has 0 bridgehead atoms. The number of hydrogen-bond donors (Lipinski definition) is 1. The molecule has 2 aliphatic rings. The van der Waals surface area contributed by atoms with Crippen molar-refractivity contribution in [2.75, 3.05) is 28.4 Å². The lowest BCUT2D eigenvalue weighted by atomic mass is 9.83. The zero-order valence-corrected chi connectivity index (χ0v) is 26.5. The number of nitrogens with zero attached hydrogens (tertiary/aromatic N) is 1. The van der Waals surface area contributed by atoms with E-state index >= 15 is 0 Å². The number of esters is 1. The van der Waals surface area contributed by atoms with Gasteiger partial charge in [0.2, 0.25) is 0 Å². The van der Waals surface area contributed by atoms with Crippen molar-refractivity contribution in [1.29, 1.82) is 0 Å². The molecule has 0 amide bonds. The first-order chi connectivity index (χ1) is 21.2. The van der Waals surface area contributed by atoms with Gasteiger partial charge in [-0.15, -0.1) is 0 Å². The van der Waals surface area contributed by atoms with Gasteiger partial charge in [-0.2, -0.15) is 0 Å². The van der Waals surface area contributed by atoms with E-state index in [1.807, 2.05) is 12.1 Å². The number of aryl methyl sites for hydroxylation is 3. The maximum Gasteiger partial charge on any atom is 0.363 e. The highest BCUT2D eigenvalue weighted by Gasteiger charge is 2.25. The van der Waals surface area contributed by atoms with E-state index in [4.69, 9.17) is 23.7 Å². The van der Waals surface area contributed by atoms with Gasteiger partial charge in [0.15, 0.2) is 34.6 Å². The number of aromatic amines is 1. The minimum atomic E-state index is -0.442. The van der Waals surface area contributed by atoms with Crippen LogP contribution in [-0.4, -0.2) is 45.3 Å². The van der Waals surface area contributed by atoms with E-state index in [-0.39, 0.29) is 5.70 Å². The van der Waals surface area contributed by atoms with Gasteiger partial charge in [0, 0.05) is 29.4 Å². The maximum absolute atomic E-state index is 11.4. The average molecular weight is 597 g/mol. The molecular formula is C36H40N2O6. The van der Waals surface area contributed by atoms with Crippen molar-refractivity contribution < 1.29 is 28.5 Å². The Bertz CT molecular complexity index is 1750. The summed E-state index contributed by atoms with van der Waals surface area (Å²) in [6, 6.07) is 16.3. The van der Waals surface area contributed by atoms with Gasteiger partial charge in [-0.25, -0.2) is 9.79 Å². The number of rotatable bonds is 7. The van der Waals surface area contributed by atoms with Crippen molar-refractivity contribution in [3.05, 3.63) is 87.7 Å². The second-order valence-electron chi connectivity index (χ2n) is 11.1. The molecule has 1 atom stereocenters. The number of aliphatic imine (C=N–C) groups is 1. The van der Waals surface area contributed by atoms with Crippen LogP contribution in [0.4, 0.5) is 0 Å². The molecule has 0 spiro atoms. The topological polar surface area (TPSA) is 91.4 Å². The Morgan fingerprint density at radius 2 is 1.52 bits per heavy atom. The molecule has 3 aromatic carbocycles. The zero-order valence-electron chi connectivity index (χ0n) is 26.5. The van der Waals surface area contributed by atoms with Crippen LogP contribution in [-0.2, 0) is 22.4 Å². The highest BCUT2D eigenvalue weighted by molar-refractivity contribution is 6.06. The number of ether oxygens (including phenoxy) is 5. The second kappa shape index (κ2) is 13.3. The summed E-state index contributed by atoms with van der Waals surface area (Å²) < 4.78 is 26.0. The van der Waals surface area contributed by atoms with Gasteiger partial charge in [0.25, 0.3) is 0 Å². The van der Waals surface area contributed by atoms with Crippen LogP contribution in [0.15, 0.2) is 59.2 Å². The molecule has 1 aliphatic carbocycles. The maximum atomic E-state index is 11.4. The summed E-state index contributed by atoms with van der Waals surface area (Å²) in [4.78, 5) is 19.2. The molecule has 0 fully saturated rings. The first-order valence-corrected chi connectivity index (χ1v) is 14.8. The Hall–Kier alpha value is -4.72. The molecule has 4 aromatic rings. The number of fused-ring (bicyclic) bond motifs is 3. The normalized spacial score (nSPS) is 16.5. The summed E-state index contributed by atoms with van der Waals surface area (Å²) in [5.41, 5.74) is 9.35. The Labute approximate surface area is 258 Å². The molecule has 0 saturated carbocycles. The number of aromatic nitrogens is 1. The number of methoxy groups -OCH3 is 4. The van der Waals surface area contributed by atoms with Crippen molar-refractivity contribution in [1.82, 2.24) is 4.98 Å². The quantitative estimate of drug-likeness (QED) is 0.176. The molecule has 0 radical (unpaired) electrons. The number of H-pyrrole nitrogens is 1. The predicted octanol–water partition coefficient (Wildman–Crippen LogP) is 7.48. The third-order valence-electron chi connectivity index (χ3n) is 8.31. The molecule has 1 unspecified atom stereocenters.